The fourth-order valence-corrected chi connectivity index (χ4v) is 4.34. The van der Waals surface area contributed by atoms with E-state index in [1.807, 2.05) is 6.07 Å². The minimum atomic E-state index is -3.59. The number of fused-ring (bicyclic) bond motifs is 1. The van der Waals surface area contributed by atoms with Gasteiger partial charge in [-0.15, -0.1) is 0 Å². The van der Waals surface area contributed by atoms with Gasteiger partial charge < -0.3 is 5.11 Å². The molecular weight excluding hydrogens is 276 g/mol. The van der Waals surface area contributed by atoms with E-state index < -0.39 is 15.6 Å². The predicted molar refractivity (Wildman–Crippen MR) is 75.7 cm³/mol. The number of rotatable bonds is 2. The molecule has 1 N–H and O–H groups in total. The van der Waals surface area contributed by atoms with Crippen LogP contribution in [0.15, 0.2) is 41.6 Å². The van der Waals surface area contributed by atoms with Crippen LogP contribution in [0.1, 0.15) is 13.3 Å². The molecule has 1 atom stereocenters. The molecule has 0 radical (unpaired) electrons. The highest BCUT2D eigenvalue weighted by atomic mass is 32.2. The maximum absolute atomic E-state index is 12.7. The number of sulfonamides is 1. The van der Waals surface area contributed by atoms with E-state index in [1.165, 1.54) is 4.31 Å². The van der Waals surface area contributed by atoms with E-state index in [4.69, 9.17) is 0 Å². The van der Waals surface area contributed by atoms with Crippen LogP contribution in [0.3, 0.4) is 0 Å². The number of aromatic nitrogens is 1. The van der Waals surface area contributed by atoms with Gasteiger partial charge in [0.05, 0.1) is 10.5 Å². The van der Waals surface area contributed by atoms with E-state index in [2.05, 4.69) is 4.98 Å². The number of pyridine rings is 1. The van der Waals surface area contributed by atoms with Crippen LogP contribution in [-0.2, 0) is 10.0 Å². The highest BCUT2D eigenvalue weighted by Crippen LogP contribution is 2.30. The number of benzene rings is 1. The molecule has 1 aromatic heterocycles. The normalized spacial score (nSPS) is 24.3. The summed E-state index contributed by atoms with van der Waals surface area (Å²) in [5.74, 6) is 0. The summed E-state index contributed by atoms with van der Waals surface area (Å²) in [6.07, 6.45) is 3.69. The number of hydrogen-bond acceptors (Lipinski definition) is 4. The summed E-state index contributed by atoms with van der Waals surface area (Å²) < 4.78 is 26.8. The number of β-amino-alcohol motifs (C(OH)–C–C–N with tert-alkyl or cyclic N) is 1. The highest BCUT2D eigenvalue weighted by molar-refractivity contribution is 7.89. The smallest absolute Gasteiger partial charge is 0.243 e. The zero-order chi connectivity index (χ0) is 14.4. The number of hydrogen-bond donors (Lipinski definition) is 1. The third kappa shape index (κ3) is 2.19. The van der Waals surface area contributed by atoms with Crippen molar-refractivity contribution in [2.24, 2.45) is 0 Å². The fourth-order valence-electron chi connectivity index (χ4n) is 2.57. The molecule has 1 aliphatic heterocycles. The minimum Gasteiger partial charge on any atom is -0.389 e. The molecule has 5 nitrogen and oxygen atoms in total. The average molecular weight is 292 g/mol. The van der Waals surface area contributed by atoms with Crippen molar-refractivity contribution in [2.45, 2.75) is 23.8 Å². The Kier molecular flexibility index (Phi) is 3.04. The van der Waals surface area contributed by atoms with E-state index in [0.29, 0.717) is 18.4 Å². The molecule has 0 bridgehead atoms. The van der Waals surface area contributed by atoms with Gasteiger partial charge in [0.2, 0.25) is 10.0 Å². The second-order valence-electron chi connectivity index (χ2n) is 5.44. The van der Waals surface area contributed by atoms with Gasteiger partial charge in [-0.2, -0.15) is 4.31 Å². The molecule has 1 aliphatic rings. The second-order valence-corrected chi connectivity index (χ2v) is 7.34. The first-order valence-corrected chi connectivity index (χ1v) is 7.89. The Morgan fingerprint density at radius 1 is 1.35 bits per heavy atom. The van der Waals surface area contributed by atoms with E-state index in [9.17, 15) is 13.5 Å². The Hall–Kier alpha value is -1.50. The lowest BCUT2D eigenvalue weighted by Crippen LogP contribution is -2.34. The lowest BCUT2D eigenvalue weighted by molar-refractivity contribution is 0.0762. The fraction of sp³-hybridized carbons (Fsp3) is 0.357. The Bertz CT molecular complexity index is 751. The molecule has 0 spiro atoms. The van der Waals surface area contributed by atoms with Crippen LogP contribution in [0.2, 0.25) is 0 Å². The van der Waals surface area contributed by atoms with Crippen molar-refractivity contribution in [1.82, 2.24) is 9.29 Å². The Morgan fingerprint density at radius 3 is 2.85 bits per heavy atom. The third-order valence-electron chi connectivity index (χ3n) is 3.68. The maximum atomic E-state index is 12.7. The molecule has 106 valence electrons. The van der Waals surface area contributed by atoms with Crippen molar-refractivity contribution in [3.63, 3.8) is 0 Å². The first kappa shape index (κ1) is 13.5. The molecule has 6 heteroatoms. The van der Waals surface area contributed by atoms with Gasteiger partial charge in [0.25, 0.3) is 0 Å². The van der Waals surface area contributed by atoms with Crippen LogP contribution in [0.5, 0.6) is 0 Å². The predicted octanol–water partition coefficient (Wildman–Crippen LogP) is 1.38. The van der Waals surface area contributed by atoms with Gasteiger partial charge in [0.1, 0.15) is 0 Å². The van der Waals surface area contributed by atoms with Gasteiger partial charge >= 0.3 is 0 Å². The summed E-state index contributed by atoms with van der Waals surface area (Å²) in [6, 6.07) is 6.85. The van der Waals surface area contributed by atoms with Crippen molar-refractivity contribution < 1.29 is 13.5 Å². The van der Waals surface area contributed by atoms with E-state index in [-0.39, 0.29) is 11.4 Å². The van der Waals surface area contributed by atoms with Crippen molar-refractivity contribution >= 4 is 20.8 Å². The molecule has 2 aromatic rings. The maximum Gasteiger partial charge on any atom is 0.243 e. The highest BCUT2D eigenvalue weighted by Gasteiger charge is 2.38. The Labute approximate surface area is 117 Å². The van der Waals surface area contributed by atoms with Crippen LogP contribution in [0.25, 0.3) is 10.8 Å². The summed E-state index contributed by atoms with van der Waals surface area (Å²) in [5, 5.41) is 11.4. The first-order chi connectivity index (χ1) is 9.40. The first-order valence-electron chi connectivity index (χ1n) is 6.45. The SMILES string of the molecule is CC1(O)CCN(S(=O)(=O)c2cccc3cnccc23)C1. The van der Waals surface area contributed by atoms with Crippen LogP contribution in [0.4, 0.5) is 0 Å². The Morgan fingerprint density at radius 2 is 2.15 bits per heavy atom. The molecule has 1 unspecified atom stereocenters. The van der Waals surface area contributed by atoms with Gasteiger partial charge in [-0.1, -0.05) is 12.1 Å². The summed E-state index contributed by atoms with van der Waals surface area (Å²) in [7, 11) is -3.59. The van der Waals surface area contributed by atoms with Crippen LogP contribution >= 0.6 is 0 Å². The minimum absolute atomic E-state index is 0.136. The van der Waals surface area contributed by atoms with Crippen molar-refractivity contribution in [3.05, 3.63) is 36.7 Å². The molecule has 1 aromatic carbocycles. The molecule has 20 heavy (non-hydrogen) atoms. The van der Waals surface area contributed by atoms with Crippen molar-refractivity contribution in [2.75, 3.05) is 13.1 Å². The standard InChI is InChI=1S/C14H16N2O3S/c1-14(17)6-8-16(10-14)20(18,19)13-4-2-3-11-9-15-7-5-12(11)13/h2-5,7,9,17H,6,8,10H2,1H3. The van der Waals surface area contributed by atoms with Gasteiger partial charge in [-0.25, -0.2) is 8.42 Å². The largest absolute Gasteiger partial charge is 0.389 e. The van der Waals surface area contributed by atoms with Crippen LogP contribution in [-0.4, -0.2) is 41.5 Å². The summed E-state index contributed by atoms with van der Waals surface area (Å²) in [4.78, 5) is 4.28. The quantitative estimate of drug-likeness (QED) is 0.908. The third-order valence-corrected chi connectivity index (χ3v) is 5.58. The van der Waals surface area contributed by atoms with Crippen molar-refractivity contribution in [1.29, 1.82) is 0 Å². The Balaban J connectivity index is 2.11. The molecule has 0 aliphatic carbocycles. The molecule has 1 saturated heterocycles. The lowest BCUT2D eigenvalue weighted by Gasteiger charge is -2.19. The zero-order valence-corrected chi connectivity index (χ0v) is 12.0. The van der Waals surface area contributed by atoms with Crippen molar-refractivity contribution in [3.8, 4) is 0 Å². The van der Waals surface area contributed by atoms with Gasteiger partial charge in [-0.3, -0.25) is 4.98 Å². The lowest BCUT2D eigenvalue weighted by atomic mass is 10.1. The summed E-state index contributed by atoms with van der Waals surface area (Å²) in [6.45, 7) is 2.14. The van der Waals surface area contributed by atoms with Gasteiger partial charge in [0.15, 0.2) is 0 Å². The number of aliphatic hydroxyl groups is 1. The van der Waals surface area contributed by atoms with Crippen LogP contribution in [0, 0.1) is 0 Å². The second kappa shape index (κ2) is 4.51. The van der Waals surface area contributed by atoms with E-state index in [0.717, 1.165) is 5.39 Å². The molecule has 2 heterocycles. The molecular formula is C14H16N2O3S. The summed E-state index contributed by atoms with van der Waals surface area (Å²) in [5.41, 5.74) is -0.945. The average Bonchev–Trinajstić information content (AvgIpc) is 2.79. The topological polar surface area (TPSA) is 70.5 Å². The van der Waals surface area contributed by atoms with Gasteiger partial charge in [0, 0.05) is 36.3 Å². The monoisotopic (exact) mass is 292 g/mol. The van der Waals surface area contributed by atoms with Gasteiger partial charge in [-0.05, 0) is 25.5 Å². The molecule has 0 amide bonds. The van der Waals surface area contributed by atoms with E-state index in [1.54, 1.807) is 37.5 Å². The van der Waals surface area contributed by atoms with E-state index >= 15 is 0 Å². The molecule has 1 fully saturated rings. The molecule has 3 rings (SSSR count). The van der Waals surface area contributed by atoms with Crippen LogP contribution < -0.4 is 0 Å². The number of nitrogens with zero attached hydrogens (tertiary/aromatic N) is 2. The molecule has 0 saturated carbocycles. The zero-order valence-electron chi connectivity index (χ0n) is 11.2. The summed E-state index contributed by atoms with van der Waals surface area (Å²) >= 11 is 0.